The Balaban J connectivity index is 1.74. The molecule has 1 aliphatic rings. The highest BCUT2D eigenvalue weighted by Crippen LogP contribution is 2.24. The maximum Gasteiger partial charge on any atom is 0.338 e. The lowest BCUT2D eigenvalue weighted by Gasteiger charge is -2.13. The monoisotopic (exact) mass is 393 g/mol. The zero-order chi connectivity index (χ0) is 21.1. The third-order valence-corrected chi connectivity index (χ3v) is 4.55. The van der Waals surface area contributed by atoms with Gasteiger partial charge in [0.1, 0.15) is 5.75 Å². The Morgan fingerprint density at radius 1 is 1.03 bits per heavy atom. The molecular weight excluding hydrogens is 374 g/mol. The number of methoxy groups -OCH3 is 1. The van der Waals surface area contributed by atoms with Gasteiger partial charge in [-0.2, -0.15) is 0 Å². The summed E-state index contributed by atoms with van der Waals surface area (Å²) in [5, 5.41) is 0. The summed E-state index contributed by atoms with van der Waals surface area (Å²) >= 11 is 0. The van der Waals surface area contributed by atoms with E-state index < -0.39 is 23.9 Å². The van der Waals surface area contributed by atoms with Crippen molar-refractivity contribution in [3.63, 3.8) is 0 Å². The minimum Gasteiger partial charge on any atom is -0.497 e. The van der Waals surface area contributed by atoms with Crippen molar-refractivity contribution in [2.75, 3.05) is 13.7 Å². The molecule has 0 fully saturated rings. The molecule has 2 aromatic carbocycles. The fourth-order valence-corrected chi connectivity index (χ4v) is 2.98. The number of carbonyl (C=O) groups is 4. The van der Waals surface area contributed by atoms with Crippen molar-refractivity contribution in [1.82, 2.24) is 4.90 Å². The van der Waals surface area contributed by atoms with Crippen LogP contribution in [0.3, 0.4) is 0 Å². The summed E-state index contributed by atoms with van der Waals surface area (Å²) in [6, 6.07) is 10.6. The summed E-state index contributed by atoms with van der Waals surface area (Å²) in [5.41, 5.74) is 0.803. The molecule has 0 aliphatic carbocycles. The summed E-state index contributed by atoms with van der Waals surface area (Å²) in [6.45, 7) is 5.08. The Morgan fingerprint density at radius 3 is 2.28 bits per heavy atom. The van der Waals surface area contributed by atoms with Crippen molar-refractivity contribution in [3.05, 3.63) is 77.4 Å². The van der Waals surface area contributed by atoms with Gasteiger partial charge in [0.05, 0.1) is 23.8 Å². The van der Waals surface area contributed by atoms with Gasteiger partial charge >= 0.3 is 5.97 Å². The molecule has 0 saturated heterocycles. The molecule has 0 N–H and O–H groups in total. The van der Waals surface area contributed by atoms with Crippen molar-refractivity contribution in [2.45, 2.75) is 13.0 Å². The van der Waals surface area contributed by atoms with Crippen LogP contribution in [-0.2, 0) is 4.74 Å². The van der Waals surface area contributed by atoms with E-state index in [1.165, 1.54) is 38.3 Å². The predicted octanol–water partition coefficient (Wildman–Crippen LogP) is 2.91. The van der Waals surface area contributed by atoms with Gasteiger partial charge in [-0.15, -0.1) is 6.58 Å². The molecule has 1 atom stereocenters. The number of nitrogens with zero attached hydrogens (tertiary/aromatic N) is 1. The van der Waals surface area contributed by atoms with Gasteiger partial charge in [-0.05, 0) is 49.4 Å². The Labute approximate surface area is 167 Å². The molecule has 0 radical (unpaired) electrons. The fourth-order valence-electron chi connectivity index (χ4n) is 2.98. The molecule has 0 aromatic heterocycles. The van der Waals surface area contributed by atoms with Crippen LogP contribution < -0.4 is 4.74 Å². The number of Topliss-reactive ketones (excluding diaryl/α,β-unsaturated/α-hetero) is 1. The maximum absolute atomic E-state index is 12.5. The molecule has 0 spiro atoms. The second-order valence-electron chi connectivity index (χ2n) is 6.41. The van der Waals surface area contributed by atoms with Crippen LogP contribution in [0, 0.1) is 0 Å². The highest BCUT2D eigenvalue weighted by molar-refractivity contribution is 6.22. The predicted molar refractivity (Wildman–Crippen MR) is 104 cm³/mol. The topological polar surface area (TPSA) is 90.0 Å². The second-order valence-corrected chi connectivity index (χ2v) is 6.41. The van der Waals surface area contributed by atoms with Crippen molar-refractivity contribution in [1.29, 1.82) is 0 Å². The van der Waals surface area contributed by atoms with Gasteiger partial charge in [-0.3, -0.25) is 19.3 Å². The molecule has 29 heavy (non-hydrogen) atoms. The molecule has 7 heteroatoms. The van der Waals surface area contributed by atoms with Gasteiger partial charge in [0, 0.05) is 12.1 Å². The van der Waals surface area contributed by atoms with E-state index >= 15 is 0 Å². The largest absolute Gasteiger partial charge is 0.497 e. The van der Waals surface area contributed by atoms with Crippen LogP contribution in [0.1, 0.15) is 48.4 Å². The maximum atomic E-state index is 12.5. The van der Waals surface area contributed by atoms with E-state index in [1.807, 2.05) is 0 Å². The van der Waals surface area contributed by atoms with Crippen LogP contribution in [0.4, 0.5) is 0 Å². The zero-order valence-corrected chi connectivity index (χ0v) is 16.0. The molecule has 7 nitrogen and oxygen atoms in total. The van der Waals surface area contributed by atoms with Crippen LogP contribution in [0.5, 0.6) is 5.75 Å². The quantitative estimate of drug-likeness (QED) is 0.311. The summed E-state index contributed by atoms with van der Waals surface area (Å²) in [4.78, 5) is 50.6. The summed E-state index contributed by atoms with van der Waals surface area (Å²) in [6.07, 6.45) is 0.419. The van der Waals surface area contributed by atoms with Crippen molar-refractivity contribution in [2.24, 2.45) is 0 Å². The van der Waals surface area contributed by atoms with E-state index in [0.29, 0.717) is 11.3 Å². The number of ketones is 1. The Kier molecular flexibility index (Phi) is 5.59. The molecule has 2 amide bonds. The number of imide groups is 1. The number of carbonyl (C=O) groups excluding carboxylic acids is 4. The number of ether oxygens (including phenoxy) is 2. The molecular formula is C22H19NO6. The van der Waals surface area contributed by atoms with E-state index in [9.17, 15) is 19.2 Å². The normalized spacial score (nSPS) is 13.7. The minimum atomic E-state index is -1.03. The van der Waals surface area contributed by atoms with Crippen LogP contribution in [0.2, 0.25) is 0 Å². The highest BCUT2D eigenvalue weighted by Gasteiger charge is 2.35. The summed E-state index contributed by atoms with van der Waals surface area (Å²) in [5.74, 6) is -1.46. The lowest BCUT2D eigenvalue weighted by molar-refractivity contribution is 0.0318. The molecule has 0 bridgehead atoms. The first-order valence-corrected chi connectivity index (χ1v) is 8.87. The lowest BCUT2D eigenvalue weighted by atomic mass is 10.1. The van der Waals surface area contributed by atoms with Crippen molar-refractivity contribution >= 4 is 23.6 Å². The molecule has 0 unspecified atom stereocenters. The van der Waals surface area contributed by atoms with E-state index in [4.69, 9.17) is 9.47 Å². The number of hydrogen-bond acceptors (Lipinski definition) is 6. The first-order chi connectivity index (χ1) is 13.9. The number of fused-ring (bicyclic) bond motifs is 1. The first kappa shape index (κ1) is 20.0. The third-order valence-electron chi connectivity index (χ3n) is 4.55. The average molecular weight is 393 g/mol. The lowest BCUT2D eigenvalue weighted by Crippen LogP contribution is -2.29. The van der Waals surface area contributed by atoms with E-state index in [0.717, 1.165) is 4.90 Å². The Bertz CT molecular complexity index is 1010. The average Bonchev–Trinajstić information content (AvgIpc) is 2.97. The number of hydrogen-bond donors (Lipinski definition) is 0. The van der Waals surface area contributed by atoms with Crippen LogP contribution in [0.15, 0.2) is 55.1 Å². The number of amides is 2. The second kappa shape index (κ2) is 8.10. The van der Waals surface area contributed by atoms with E-state index in [2.05, 4.69) is 6.58 Å². The van der Waals surface area contributed by atoms with Crippen LogP contribution >= 0.6 is 0 Å². The number of benzene rings is 2. The minimum absolute atomic E-state index is 0.0829. The van der Waals surface area contributed by atoms with Crippen LogP contribution in [-0.4, -0.2) is 48.2 Å². The van der Waals surface area contributed by atoms with Gasteiger partial charge in [0.2, 0.25) is 5.78 Å². The van der Waals surface area contributed by atoms with Crippen molar-refractivity contribution < 1.29 is 28.7 Å². The molecule has 1 heterocycles. The Hall–Kier alpha value is -3.74. The van der Waals surface area contributed by atoms with Crippen LogP contribution in [0.25, 0.3) is 0 Å². The molecule has 2 aromatic rings. The Morgan fingerprint density at radius 2 is 1.66 bits per heavy atom. The molecule has 1 aliphatic heterocycles. The number of esters is 1. The van der Waals surface area contributed by atoms with Gasteiger partial charge in [-0.25, -0.2) is 4.79 Å². The molecule has 3 rings (SSSR count). The number of rotatable bonds is 7. The smallest absolute Gasteiger partial charge is 0.338 e. The zero-order valence-electron chi connectivity index (χ0n) is 16.0. The summed E-state index contributed by atoms with van der Waals surface area (Å²) < 4.78 is 10.3. The van der Waals surface area contributed by atoms with Gasteiger partial charge in [-0.1, -0.05) is 6.08 Å². The van der Waals surface area contributed by atoms with Crippen molar-refractivity contribution in [3.8, 4) is 5.75 Å². The van der Waals surface area contributed by atoms with Gasteiger partial charge in [0.25, 0.3) is 11.8 Å². The SMILES string of the molecule is C=CCN1C(=O)c2ccc(C(=O)O[C@H](C)C(=O)c3ccc(OC)cc3)cc2C1=O. The van der Waals surface area contributed by atoms with E-state index in [-0.39, 0.29) is 29.0 Å². The molecule has 0 saturated carbocycles. The highest BCUT2D eigenvalue weighted by atomic mass is 16.5. The summed E-state index contributed by atoms with van der Waals surface area (Å²) in [7, 11) is 1.52. The standard InChI is InChI=1S/C22H19NO6/c1-4-11-23-20(25)17-10-7-15(12-18(17)21(23)26)22(27)29-13(2)19(24)14-5-8-16(28-3)9-6-14/h4-10,12-13H,1,11H2,2-3H3/t13-/m1/s1. The molecule has 148 valence electrons. The van der Waals surface area contributed by atoms with Gasteiger partial charge < -0.3 is 9.47 Å². The van der Waals surface area contributed by atoms with Gasteiger partial charge in [0.15, 0.2) is 6.10 Å². The first-order valence-electron chi connectivity index (χ1n) is 8.87. The fraction of sp³-hybridized carbons (Fsp3) is 0.182. The third kappa shape index (κ3) is 3.80. The van der Waals surface area contributed by atoms with E-state index in [1.54, 1.807) is 24.3 Å².